The molecule has 5 heteroatoms. The van der Waals surface area contributed by atoms with Crippen LogP contribution in [0.15, 0.2) is 24.3 Å². The fourth-order valence-electron chi connectivity index (χ4n) is 1.83. The Morgan fingerprint density at radius 3 is 2.45 bits per heavy atom. The maximum absolute atomic E-state index is 11.2. The van der Waals surface area contributed by atoms with Crippen molar-refractivity contribution in [1.29, 1.82) is 0 Å². The summed E-state index contributed by atoms with van der Waals surface area (Å²) in [6, 6.07) is 8.00. The second kappa shape index (κ2) is 8.68. The molecule has 0 saturated carbocycles. The van der Waals surface area contributed by atoms with Gasteiger partial charge in [0.1, 0.15) is 0 Å². The number of likely N-dealkylation sites (N-methyl/N-ethyl adjacent to an activating group) is 1. The van der Waals surface area contributed by atoms with Crippen molar-refractivity contribution < 1.29 is 9.53 Å². The molecule has 0 aromatic heterocycles. The Morgan fingerprint density at radius 1 is 1.30 bits per heavy atom. The fourth-order valence-corrected chi connectivity index (χ4v) is 1.83. The van der Waals surface area contributed by atoms with Crippen LogP contribution in [0.25, 0.3) is 0 Å². The van der Waals surface area contributed by atoms with Gasteiger partial charge < -0.3 is 4.74 Å². The molecule has 0 aliphatic heterocycles. The molecule has 0 saturated heterocycles. The lowest BCUT2D eigenvalue weighted by Crippen LogP contribution is -2.31. The van der Waals surface area contributed by atoms with Crippen molar-refractivity contribution in [1.82, 2.24) is 10.3 Å². The lowest BCUT2D eigenvalue weighted by Gasteiger charge is -2.17. The number of benzene rings is 1. The highest BCUT2D eigenvalue weighted by molar-refractivity contribution is 5.77. The van der Waals surface area contributed by atoms with E-state index in [1.54, 1.807) is 0 Å². The largest absolute Gasteiger partial charge is 0.377 e. The fraction of sp³-hybridized carbons (Fsp3) is 0.533. The first kappa shape index (κ1) is 16.6. The summed E-state index contributed by atoms with van der Waals surface area (Å²) in [7, 11) is 2.07. The highest BCUT2D eigenvalue weighted by atomic mass is 16.5. The molecule has 1 aromatic carbocycles. The first-order valence-electron chi connectivity index (χ1n) is 6.88. The molecule has 0 spiro atoms. The van der Waals surface area contributed by atoms with Crippen molar-refractivity contribution in [2.45, 2.75) is 32.9 Å². The van der Waals surface area contributed by atoms with E-state index in [0.29, 0.717) is 6.42 Å². The minimum atomic E-state index is -0.180. The number of nitrogens with zero attached hydrogens (tertiary/aromatic N) is 1. The van der Waals surface area contributed by atoms with E-state index in [-0.39, 0.29) is 12.0 Å². The van der Waals surface area contributed by atoms with E-state index in [9.17, 15) is 4.79 Å². The van der Waals surface area contributed by atoms with Gasteiger partial charge in [-0.25, -0.2) is 5.84 Å². The second-order valence-corrected chi connectivity index (χ2v) is 5.22. The van der Waals surface area contributed by atoms with Gasteiger partial charge in [0.05, 0.1) is 19.1 Å². The van der Waals surface area contributed by atoms with Crippen molar-refractivity contribution in [3.8, 4) is 0 Å². The monoisotopic (exact) mass is 279 g/mol. The van der Waals surface area contributed by atoms with Crippen LogP contribution in [-0.2, 0) is 22.5 Å². The molecule has 0 atom stereocenters. The maximum atomic E-state index is 11.2. The zero-order valence-corrected chi connectivity index (χ0v) is 12.6. The summed E-state index contributed by atoms with van der Waals surface area (Å²) in [5.41, 5.74) is 4.31. The van der Waals surface area contributed by atoms with Crippen LogP contribution in [0.3, 0.4) is 0 Å². The predicted octanol–water partition coefficient (Wildman–Crippen LogP) is 1.08. The van der Waals surface area contributed by atoms with Gasteiger partial charge in [-0.05, 0) is 32.0 Å². The molecule has 1 rings (SSSR count). The zero-order chi connectivity index (χ0) is 15.0. The molecule has 3 N–H and O–H groups in total. The van der Waals surface area contributed by atoms with Crippen LogP contribution in [-0.4, -0.2) is 37.1 Å². The molecule has 0 aliphatic carbocycles. The van der Waals surface area contributed by atoms with Gasteiger partial charge in [0.2, 0.25) is 5.91 Å². The van der Waals surface area contributed by atoms with Gasteiger partial charge in [-0.15, -0.1) is 0 Å². The number of hydrogen-bond donors (Lipinski definition) is 2. The topological polar surface area (TPSA) is 67.6 Å². The van der Waals surface area contributed by atoms with Gasteiger partial charge in [-0.3, -0.25) is 15.1 Å². The number of nitrogens with two attached hydrogens (primary N) is 1. The minimum absolute atomic E-state index is 0.180. The third kappa shape index (κ3) is 6.65. The Kier molecular flexibility index (Phi) is 7.22. The Balaban J connectivity index is 2.38. The maximum Gasteiger partial charge on any atom is 0.238 e. The van der Waals surface area contributed by atoms with Crippen LogP contribution in [0.5, 0.6) is 0 Å². The molecule has 0 fully saturated rings. The second-order valence-electron chi connectivity index (χ2n) is 5.22. The number of ether oxygens (including phenoxy) is 1. The Labute approximate surface area is 121 Å². The minimum Gasteiger partial charge on any atom is -0.377 e. The standard InChI is InChI=1S/C15H25N3O2/c1-12(2)20-9-8-18(3)11-14-6-4-13(5-7-14)10-15(19)17-16/h4-7,12H,8-11,16H2,1-3H3,(H,17,19). The molecule has 1 aromatic rings. The lowest BCUT2D eigenvalue weighted by molar-refractivity contribution is -0.120. The van der Waals surface area contributed by atoms with Gasteiger partial charge >= 0.3 is 0 Å². The molecule has 0 radical (unpaired) electrons. The summed E-state index contributed by atoms with van der Waals surface area (Å²) >= 11 is 0. The number of amides is 1. The van der Waals surface area contributed by atoms with Gasteiger partial charge in [0, 0.05) is 13.1 Å². The molecule has 5 nitrogen and oxygen atoms in total. The van der Waals surface area contributed by atoms with Gasteiger partial charge in [0.25, 0.3) is 0 Å². The molecular formula is C15H25N3O2. The molecule has 0 heterocycles. The highest BCUT2D eigenvalue weighted by Crippen LogP contribution is 2.07. The van der Waals surface area contributed by atoms with Gasteiger partial charge in [-0.2, -0.15) is 0 Å². The Bertz CT molecular complexity index is 404. The number of carbonyl (C=O) groups is 1. The number of nitrogens with one attached hydrogen (secondary N) is 1. The van der Waals surface area contributed by atoms with E-state index in [2.05, 4.69) is 17.4 Å². The molecule has 0 bridgehead atoms. The number of carbonyl (C=O) groups excluding carboxylic acids is 1. The first-order valence-corrected chi connectivity index (χ1v) is 6.88. The Morgan fingerprint density at radius 2 is 1.90 bits per heavy atom. The van der Waals surface area contributed by atoms with E-state index in [4.69, 9.17) is 10.6 Å². The van der Waals surface area contributed by atoms with Crippen LogP contribution < -0.4 is 11.3 Å². The zero-order valence-electron chi connectivity index (χ0n) is 12.6. The number of hydrogen-bond acceptors (Lipinski definition) is 4. The molecule has 20 heavy (non-hydrogen) atoms. The van der Waals surface area contributed by atoms with E-state index < -0.39 is 0 Å². The molecular weight excluding hydrogens is 254 g/mol. The van der Waals surface area contributed by atoms with Crippen molar-refractivity contribution in [3.63, 3.8) is 0 Å². The van der Waals surface area contributed by atoms with Gasteiger partial charge in [0.15, 0.2) is 0 Å². The van der Waals surface area contributed by atoms with Crippen LogP contribution in [0.1, 0.15) is 25.0 Å². The Hall–Kier alpha value is -1.43. The van der Waals surface area contributed by atoms with Crippen LogP contribution in [0.4, 0.5) is 0 Å². The molecule has 0 aliphatic rings. The SMILES string of the molecule is CC(C)OCCN(C)Cc1ccc(CC(=O)NN)cc1. The quantitative estimate of drug-likeness (QED) is 0.424. The summed E-state index contributed by atoms with van der Waals surface area (Å²) in [6.45, 7) is 6.58. The molecule has 0 unspecified atom stereocenters. The summed E-state index contributed by atoms with van der Waals surface area (Å²) in [6.07, 6.45) is 0.589. The number of rotatable bonds is 8. The summed E-state index contributed by atoms with van der Waals surface area (Å²) in [5.74, 6) is 4.89. The number of hydrazine groups is 1. The summed E-state index contributed by atoms with van der Waals surface area (Å²) in [5, 5.41) is 0. The summed E-state index contributed by atoms with van der Waals surface area (Å²) in [4.78, 5) is 13.4. The van der Waals surface area contributed by atoms with Crippen LogP contribution in [0.2, 0.25) is 0 Å². The molecule has 112 valence electrons. The van der Waals surface area contributed by atoms with E-state index in [1.807, 2.05) is 38.1 Å². The van der Waals surface area contributed by atoms with Crippen molar-refractivity contribution in [2.24, 2.45) is 5.84 Å². The van der Waals surface area contributed by atoms with E-state index >= 15 is 0 Å². The molecule has 1 amide bonds. The summed E-state index contributed by atoms with van der Waals surface area (Å²) < 4.78 is 5.53. The average Bonchev–Trinajstić information content (AvgIpc) is 2.40. The lowest BCUT2D eigenvalue weighted by atomic mass is 10.1. The van der Waals surface area contributed by atoms with Crippen molar-refractivity contribution in [2.75, 3.05) is 20.2 Å². The van der Waals surface area contributed by atoms with Crippen LogP contribution in [0, 0.1) is 0 Å². The first-order chi connectivity index (χ1) is 9.51. The van der Waals surface area contributed by atoms with Gasteiger partial charge in [-0.1, -0.05) is 24.3 Å². The van der Waals surface area contributed by atoms with Crippen LogP contribution >= 0.6 is 0 Å². The normalized spacial score (nSPS) is 11.1. The highest BCUT2D eigenvalue weighted by Gasteiger charge is 2.04. The van der Waals surface area contributed by atoms with E-state index in [0.717, 1.165) is 25.3 Å². The smallest absolute Gasteiger partial charge is 0.238 e. The third-order valence-electron chi connectivity index (χ3n) is 2.93. The average molecular weight is 279 g/mol. The van der Waals surface area contributed by atoms with Crippen molar-refractivity contribution in [3.05, 3.63) is 35.4 Å². The van der Waals surface area contributed by atoms with E-state index in [1.165, 1.54) is 5.56 Å². The van der Waals surface area contributed by atoms with Crippen molar-refractivity contribution >= 4 is 5.91 Å². The predicted molar refractivity (Wildman–Crippen MR) is 79.9 cm³/mol. The third-order valence-corrected chi connectivity index (χ3v) is 2.93.